The van der Waals surface area contributed by atoms with Crippen molar-refractivity contribution >= 4 is 16.6 Å². The molecular formula is C20H20FN3O. The van der Waals surface area contributed by atoms with Gasteiger partial charge in [0.15, 0.2) is 0 Å². The van der Waals surface area contributed by atoms with Crippen molar-refractivity contribution < 1.29 is 9.13 Å². The summed E-state index contributed by atoms with van der Waals surface area (Å²) >= 11 is 0. The maximum absolute atomic E-state index is 13.9. The lowest BCUT2D eigenvalue weighted by Gasteiger charge is -2.12. The van der Waals surface area contributed by atoms with E-state index in [4.69, 9.17) is 4.74 Å². The van der Waals surface area contributed by atoms with Gasteiger partial charge in [0.2, 0.25) is 0 Å². The molecule has 0 bridgehead atoms. The average Bonchev–Trinajstić information content (AvgIpc) is 3.08. The first-order chi connectivity index (χ1) is 12.3. The van der Waals surface area contributed by atoms with Gasteiger partial charge in [-0.25, -0.2) is 9.37 Å². The molecular weight excluding hydrogens is 317 g/mol. The Morgan fingerprint density at radius 2 is 2.12 bits per heavy atom. The molecule has 4 nitrogen and oxygen atoms in total. The quantitative estimate of drug-likeness (QED) is 0.752. The van der Waals surface area contributed by atoms with Crippen molar-refractivity contribution in [3.63, 3.8) is 0 Å². The van der Waals surface area contributed by atoms with E-state index in [1.165, 1.54) is 17.7 Å². The molecule has 0 saturated heterocycles. The Kier molecular flexibility index (Phi) is 4.24. The number of ether oxygens (including phenoxy) is 1. The summed E-state index contributed by atoms with van der Waals surface area (Å²) in [5.41, 5.74) is 4.83. The first-order valence-electron chi connectivity index (χ1n) is 8.57. The van der Waals surface area contributed by atoms with Gasteiger partial charge in [-0.05, 0) is 61.4 Å². The molecule has 0 saturated carbocycles. The molecule has 0 amide bonds. The SMILES string of the molecule is CCOc1ccc(F)cc1-c1ccnc2[nH]c(C3=CCNCC3)cc12. The Labute approximate surface area is 145 Å². The number of aromatic nitrogens is 2. The number of fused-ring (bicyclic) bond motifs is 1. The molecule has 0 unspecified atom stereocenters. The number of nitrogens with zero attached hydrogens (tertiary/aromatic N) is 1. The van der Waals surface area contributed by atoms with Gasteiger partial charge in [0.05, 0.1) is 6.61 Å². The van der Waals surface area contributed by atoms with Crippen LogP contribution < -0.4 is 10.1 Å². The van der Waals surface area contributed by atoms with Gasteiger partial charge in [-0.15, -0.1) is 0 Å². The third kappa shape index (κ3) is 3.03. The highest BCUT2D eigenvalue weighted by Crippen LogP contribution is 2.36. The van der Waals surface area contributed by atoms with E-state index in [9.17, 15) is 4.39 Å². The molecule has 1 aliphatic heterocycles. The zero-order chi connectivity index (χ0) is 17.2. The molecule has 0 radical (unpaired) electrons. The van der Waals surface area contributed by atoms with Gasteiger partial charge in [0.1, 0.15) is 17.2 Å². The van der Waals surface area contributed by atoms with Gasteiger partial charge in [0, 0.05) is 29.4 Å². The molecule has 3 heterocycles. The van der Waals surface area contributed by atoms with Crippen molar-refractivity contribution in [2.24, 2.45) is 0 Å². The largest absolute Gasteiger partial charge is 0.493 e. The predicted molar refractivity (Wildman–Crippen MR) is 98.1 cm³/mol. The summed E-state index contributed by atoms with van der Waals surface area (Å²) < 4.78 is 19.6. The van der Waals surface area contributed by atoms with Gasteiger partial charge in [0.25, 0.3) is 0 Å². The first kappa shape index (κ1) is 15.8. The van der Waals surface area contributed by atoms with E-state index in [0.717, 1.165) is 47.4 Å². The summed E-state index contributed by atoms with van der Waals surface area (Å²) in [6.45, 7) is 4.31. The molecule has 0 spiro atoms. The van der Waals surface area contributed by atoms with Crippen LogP contribution in [0.5, 0.6) is 5.75 Å². The number of halogens is 1. The number of H-pyrrole nitrogens is 1. The standard InChI is InChI=1S/C20H20FN3O/c1-2-25-19-4-3-14(21)11-16(19)15-7-10-23-20-17(15)12-18(24-20)13-5-8-22-9-6-13/h3-5,7,10-12,22H,2,6,8-9H2,1H3,(H,23,24). The fourth-order valence-electron chi connectivity index (χ4n) is 3.30. The molecule has 4 rings (SSSR count). The fourth-order valence-corrected chi connectivity index (χ4v) is 3.30. The Bertz CT molecular complexity index is 945. The van der Waals surface area contributed by atoms with Crippen molar-refractivity contribution in [1.29, 1.82) is 0 Å². The lowest BCUT2D eigenvalue weighted by Crippen LogP contribution is -2.20. The molecule has 2 N–H and O–H groups in total. The van der Waals surface area contributed by atoms with E-state index < -0.39 is 0 Å². The third-order valence-electron chi connectivity index (χ3n) is 4.47. The Hall–Kier alpha value is -2.66. The summed E-state index contributed by atoms with van der Waals surface area (Å²) in [5, 5.41) is 4.29. The molecule has 25 heavy (non-hydrogen) atoms. The second-order valence-electron chi connectivity index (χ2n) is 6.06. The monoisotopic (exact) mass is 337 g/mol. The predicted octanol–water partition coefficient (Wildman–Crippen LogP) is 4.14. The lowest BCUT2D eigenvalue weighted by atomic mass is 10.0. The van der Waals surface area contributed by atoms with Crippen LogP contribution in [0.25, 0.3) is 27.7 Å². The molecule has 128 valence electrons. The number of aromatic amines is 1. The summed E-state index contributed by atoms with van der Waals surface area (Å²) in [6, 6.07) is 8.65. The van der Waals surface area contributed by atoms with Crippen molar-refractivity contribution in [2.45, 2.75) is 13.3 Å². The highest BCUT2D eigenvalue weighted by Gasteiger charge is 2.15. The normalized spacial score (nSPS) is 14.6. The summed E-state index contributed by atoms with van der Waals surface area (Å²) in [5.74, 6) is 0.403. The number of benzene rings is 1. The molecule has 1 aliphatic rings. The summed E-state index contributed by atoms with van der Waals surface area (Å²) in [4.78, 5) is 7.85. The molecule has 1 aromatic carbocycles. The summed E-state index contributed by atoms with van der Waals surface area (Å²) in [6.07, 6.45) is 4.92. The van der Waals surface area contributed by atoms with Crippen LogP contribution in [-0.2, 0) is 0 Å². The zero-order valence-electron chi connectivity index (χ0n) is 14.1. The van der Waals surface area contributed by atoms with Crippen LogP contribution in [0.1, 0.15) is 19.0 Å². The van der Waals surface area contributed by atoms with Crippen LogP contribution in [0, 0.1) is 5.82 Å². The smallest absolute Gasteiger partial charge is 0.138 e. The third-order valence-corrected chi connectivity index (χ3v) is 4.47. The van der Waals surface area contributed by atoms with E-state index in [1.54, 1.807) is 12.3 Å². The zero-order valence-corrected chi connectivity index (χ0v) is 14.1. The van der Waals surface area contributed by atoms with Crippen LogP contribution in [0.2, 0.25) is 0 Å². The van der Waals surface area contributed by atoms with Crippen LogP contribution in [-0.4, -0.2) is 29.7 Å². The molecule has 3 aromatic rings. The topological polar surface area (TPSA) is 49.9 Å². The minimum atomic E-state index is -0.278. The summed E-state index contributed by atoms with van der Waals surface area (Å²) in [7, 11) is 0. The molecule has 0 aliphatic carbocycles. The Morgan fingerprint density at radius 1 is 1.20 bits per heavy atom. The van der Waals surface area contributed by atoms with Crippen molar-refractivity contribution in [1.82, 2.24) is 15.3 Å². The van der Waals surface area contributed by atoms with Crippen LogP contribution in [0.15, 0.2) is 42.6 Å². The van der Waals surface area contributed by atoms with E-state index >= 15 is 0 Å². The number of hydrogen-bond acceptors (Lipinski definition) is 3. The van der Waals surface area contributed by atoms with Gasteiger partial charge in [-0.3, -0.25) is 0 Å². The minimum absolute atomic E-state index is 0.278. The number of pyridine rings is 1. The fraction of sp³-hybridized carbons (Fsp3) is 0.250. The number of rotatable bonds is 4. The number of nitrogens with one attached hydrogen (secondary N) is 2. The van der Waals surface area contributed by atoms with Crippen LogP contribution >= 0.6 is 0 Å². The Balaban J connectivity index is 1.87. The highest BCUT2D eigenvalue weighted by molar-refractivity contribution is 5.96. The van der Waals surface area contributed by atoms with Gasteiger partial charge < -0.3 is 15.0 Å². The van der Waals surface area contributed by atoms with Crippen LogP contribution in [0.4, 0.5) is 4.39 Å². The van der Waals surface area contributed by atoms with Crippen molar-refractivity contribution in [2.75, 3.05) is 19.7 Å². The van der Waals surface area contributed by atoms with Crippen LogP contribution in [0.3, 0.4) is 0 Å². The molecule has 0 atom stereocenters. The lowest BCUT2D eigenvalue weighted by molar-refractivity contribution is 0.341. The molecule has 0 fully saturated rings. The van der Waals surface area contributed by atoms with E-state index in [1.807, 2.05) is 13.0 Å². The van der Waals surface area contributed by atoms with Gasteiger partial charge in [-0.1, -0.05) is 6.08 Å². The Morgan fingerprint density at radius 3 is 2.92 bits per heavy atom. The second kappa shape index (κ2) is 6.69. The minimum Gasteiger partial charge on any atom is -0.493 e. The van der Waals surface area contributed by atoms with E-state index in [0.29, 0.717) is 12.4 Å². The maximum atomic E-state index is 13.9. The highest BCUT2D eigenvalue weighted by atomic mass is 19.1. The molecule has 2 aromatic heterocycles. The first-order valence-corrected chi connectivity index (χ1v) is 8.57. The van der Waals surface area contributed by atoms with Gasteiger partial charge >= 0.3 is 0 Å². The average molecular weight is 337 g/mol. The maximum Gasteiger partial charge on any atom is 0.138 e. The molecule has 5 heteroatoms. The van der Waals surface area contributed by atoms with E-state index in [-0.39, 0.29) is 5.82 Å². The van der Waals surface area contributed by atoms with Crippen molar-refractivity contribution in [3.05, 3.63) is 54.1 Å². The van der Waals surface area contributed by atoms with Crippen molar-refractivity contribution in [3.8, 4) is 16.9 Å². The van der Waals surface area contributed by atoms with E-state index in [2.05, 4.69) is 27.4 Å². The second-order valence-corrected chi connectivity index (χ2v) is 6.06. The van der Waals surface area contributed by atoms with Gasteiger partial charge in [-0.2, -0.15) is 0 Å². The number of hydrogen-bond donors (Lipinski definition) is 2.